The fourth-order valence-electron chi connectivity index (χ4n) is 3.57. The summed E-state index contributed by atoms with van der Waals surface area (Å²) in [4.78, 5) is 12.4. The molecule has 1 aromatic rings. The average Bonchev–Trinajstić information content (AvgIpc) is 2.93. The van der Waals surface area contributed by atoms with Crippen LogP contribution in [0.25, 0.3) is 0 Å². The zero-order valence-electron chi connectivity index (χ0n) is 12.2. The molecule has 1 aromatic carbocycles. The quantitative estimate of drug-likeness (QED) is 0.888. The maximum atomic E-state index is 12.4. The van der Waals surface area contributed by atoms with Crippen molar-refractivity contribution < 1.29 is 4.79 Å². The molecule has 3 nitrogen and oxygen atoms in total. The van der Waals surface area contributed by atoms with Gasteiger partial charge in [-0.15, -0.1) is 0 Å². The summed E-state index contributed by atoms with van der Waals surface area (Å²) in [5, 5.41) is 6.69. The van der Waals surface area contributed by atoms with Gasteiger partial charge in [-0.1, -0.05) is 44.0 Å². The predicted molar refractivity (Wildman–Crippen MR) is 80.5 cm³/mol. The van der Waals surface area contributed by atoms with E-state index in [9.17, 15) is 4.79 Å². The normalized spacial score (nSPS) is 24.1. The van der Waals surface area contributed by atoms with Crippen molar-refractivity contribution in [1.29, 1.82) is 0 Å². The molecular formula is C17H24N2O. The van der Waals surface area contributed by atoms with Crippen molar-refractivity contribution in [3.05, 3.63) is 35.4 Å². The standard InChI is InChI=1S/C17H24N2O/c1-17(9-4-5-10-17)16(20)19-12-15-14-7-3-2-6-13(14)8-11-18-15/h2-3,6-7,15,18H,4-5,8-12H2,1H3,(H,19,20). The zero-order chi connectivity index (χ0) is 14.0. The van der Waals surface area contributed by atoms with Crippen LogP contribution in [0.2, 0.25) is 0 Å². The summed E-state index contributed by atoms with van der Waals surface area (Å²) in [5.41, 5.74) is 2.63. The first-order valence-electron chi connectivity index (χ1n) is 7.78. The second kappa shape index (κ2) is 5.57. The Bertz CT molecular complexity index is 492. The van der Waals surface area contributed by atoms with Crippen LogP contribution in [0.3, 0.4) is 0 Å². The Hall–Kier alpha value is -1.35. The minimum atomic E-state index is -0.131. The first kappa shape index (κ1) is 13.6. The van der Waals surface area contributed by atoms with Gasteiger partial charge in [0, 0.05) is 18.0 Å². The van der Waals surface area contributed by atoms with E-state index < -0.39 is 0 Å². The third kappa shape index (κ3) is 2.59. The summed E-state index contributed by atoms with van der Waals surface area (Å²) < 4.78 is 0. The van der Waals surface area contributed by atoms with Crippen LogP contribution in [0.15, 0.2) is 24.3 Å². The molecule has 0 bridgehead atoms. The van der Waals surface area contributed by atoms with Crippen molar-refractivity contribution in [3.63, 3.8) is 0 Å². The van der Waals surface area contributed by atoms with Crippen molar-refractivity contribution in [2.75, 3.05) is 13.1 Å². The third-order valence-corrected chi connectivity index (χ3v) is 4.94. The maximum absolute atomic E-state index is 12.4. The van der Waals surface area contributed by atoms with Crippen LogP contribution in [0.1, 0.15) is 49.8 Å². The van der Waals surface area contributed by atoms with Crippen LogP contribution in [0, 0.1) is 5.41 Å². The molecule has 0 aromatic heterocycles. The first-order chi connectivity index (χ1) is 9.69. The molecule has 1 fully saturated rings. The summed E-state index contributed by atoms with van der Waals surface area (Å²) >= 11 is 0. The van der Waals surface area contributed by atoms with E-state index in [1.54, 1.807) is 0 Å². The molecule has 1 saturated carbocycles. The van der Waals surface area contributed by atoms with Gasteiger partial charge in [0.15, 0.2) is 0 Å². The number of hydrogen-bond donors (Lipinski definition) is 2. The number of fused-ring (bicyclic) bond motifs is 1. The summed E-state index contributed by atoms with van der Waals surface area (Å²) in [5.74, 6) is 0.236. The highest BCUT2D eigenvalue weighted by atomic mass is 16.2. The molecule has 1 aliphatic carbocycles. The Balaban J connectivity index is 1.63. The van der Waals surface area contributed by atoms with Crippen molar-refractivity contribution >= 4 is 5.91 Å². The molecule has 0 spiro atoms. The molecule has 1 heterocycles. The minimum Gasteiger partial charge on any atom is -0.354 e. The number of amides is 1. The molecule has 3 rings (SSSR count). The van der Waals surface area contributed by atoms with Crippen LogP contribution in [0.5, 0.6) is 0 Å². The van der Waals surface area contributed by atoms with Crippen LogP contribution in [-0.2, 0) is 11.2 Å². The highest BCUT2D eigenvalue weighted by molar-refractivity contribution is 5.82. The number of carbonyl (C=O) groups excluding carboxylic acids is 1. The lowest BCUT2D eigenvalue weighted by Gasteiger charge is -2.29. The number of benzene rings is 1. The SMILES string of the molecule is CC1(C(=O)NCC2NCCc3ccccc32)CCCC1. The van der Waals surface area contributed by atoms with Crippen LogP contribution >= 0.6 is 0 Å². The molecule has 0 saturated heterocycles. The van der Waals surface area contributed by atoms with E-state index >= 15 is 0 Å². The number of carbonyl (C=O) groups is 1. The van der Waals surface area contributed by atoms with E-state index in [2.05, 4.69) is 41.8 Å². The van der Waals surface area contributed by atoms with E-state index in [1.165, 1.54) is 24.0 Å². The number of rotatable bonds is 3. The molecule has 2 N–H and O–H groups in total. The maximum Gasteiger partial charge on any atom is 0.226 e. The van der Waals surface area contributed by atoms with Crippen molar-refractivity contribution in [3.8, 4) is 0 Å². The Labute approximate surface area is 121 Å². The summed E-state index contributed by atoms with van der Waals surface area (Å²) in [7, 11) is 0. The van der Waals surface area contributed by atoms with Gasteiger partial charge < -0.3 is 10.6 Å². The predicted octanol–water partition coefficient (Wildman–Crippen LogP) is 2.57. The molecule has 20 heavy (non-hydrogen) atoms. The van der Waals surface area contributed by atoms with Crippen LogP contribution in [-0.4, -0.2) is 19.0 Å². The Morgan fingerprint density at radius 1 is 1.35 bits per heavy atom. The lowest BCUT2D eigenvalue weighted by molar-refractivity contribution is -0.130. The van der Waals surface area contributed by atoms with Crippen LogP contribution < -0.4 is 10.6 Å². The second-order valence-corrected chi connectivity index (χ2v) is 6.43. The number of hydrogen-bond acceptors (Lipinski definition) is 2. The molecule has 2 aliphatic rings. The van der Waals surface area contributed by atoms with Crippen molar-refractivity contribution in [2.45, 2.75) is 45.1 Å². The molecule has 1 unspecified atom stereocenters. The molecule has 108 valence electrons. The van der Waals surface area contributed by atoms with Gasteiger partial charge in [-0.05, 0) is 36.9 Å². The van der Waals surface area contributed by atoms with Gasteiger partial charge in [0.05, 0.1) is 0 Å². The topological polar surface area (TPSA) is 41.1 Å². The molecule has 3 heteroatoms. The van der Waals surface area contributed by atoms with Gasteiger partial charge in [-0.25, -0.2) is 0 Å². The highest BCUT2D eigenvalue weighted by Gasteiger charge is 2.36. The van der Waals surface area contributed by atoms with Gasteiger partial charge in [0.1, 0.15) is 0 Å². The largest absolute Gasteiger partial charge is 0.354 e. The van der Waals surface area contributed by atoms with E-state index in [-0.39, 0.29) is 17.4 Å². The van der Waals surface area contributed by atoms with Gasteiger partial charge >= 0.3 is 0 Å². The van der Waals surface area contributed by atoms with Crippen molar-refractivity contribution in [2.24, 2.45) is 5.41 Å². The van der Waals surface area contributed by atoms with Gasteiger partial charge in [-0.3, -0.25) is 4.79 Å². The first-order valence-corrected chi connectivity index (χ1v) is 7.78. The Kier molecular flexibility index (Phi) is 3.79. The number of nitrogens with one attached hydrogen (secondary N) is 2. The minimum absolute atomic E-state index is 0.131. The average molecular weight is 272 g/mol. The highest BCUT2D eigenvalue weighted by Crippen LogP contribution is 2.37. The van der Waals surface area contributed by atoms with Gasteiger partial charge in [0.2, 0.25) is 5.91 Å². The van der Waals surface area contributed by atoms with E-state index in [1.807, 2.05) is 0 Å². The summed E-state index contributed by atoms with van der Waals surface area (Å²) in [6, 6.07) is 8.81. The molecule has 1 amide bonds. The van der Waals surface area contributed by atoms with Crippen LogP contribution in [0.4, 0.5) is 0 Å². The monoisotopic (exact) mass is 272 g/mol. The smallest absolute Gasteiger partial charge is 0.226 e. The van der Waals surface area contributed by atoms with E-state index in [4.69, 9.17) is 0 Å². The second-order valence-electron chi connectivity index (χ2n) is 6.43. The Morgan fingerprint density at radius 3 is 2.90 bits per heavy atom. The summed E-state index contributed by atoms with van der Waals surface area (Å²) in [6.07, 6.45) is 5.53. The fraction of sp³-hybridized carbons (Fsp3) is 0.588. The van der Waals surface area contributed by atoms with Crippen molar-refractivity contribution in [1.82, 2.24) is 10.6 Å². The summed E-state index contributed by atoms with van der Waals surface area (Å²) in [6.45, 7) is 3.80. The zero-order valence-corrected chi connectivity index (χ0v) is 12.2. The lowest BCUT2D eigenvalue weighted by atomic mass is 9.87. The molecule has 1 atom stereocenters. The lowest BCUT2D eigenvalue weighted by Crippen LogP contribution is -2.43. The van der Waals surface area contributed by atoms with Gasteiger partial charge in [0.25, 0.3) is 0 Å². The fourth-order valence-corrected chi connectivity index (χ4v) is 3.57. The van der Waals surface area contributed by atoms with E-state index in [0.29, 0.717) is 6.54 Å². The van der Waals surface area contributed by atoms with E-state index in [0.717, 1.165) is 25.8 Å². The van der Waals surface area contributed by atoms with Gasteiger partial charge in [-0.2, -0.15) is 0 Å². The molecule has 1 aliphatic heterocycles. The molecule has 0 radical (unpaired) electrons. The molecular weight excluding hydrogens is 248 g/mol. The Morgan fingerprint density at radius 2 is 2.10 bits per heavy atom. The third-order valence-electron chi connectivity index (χ3n) is 4.94.